The van der Waals surface area contributed by atoms with Crippen LogP contribution in [0.25, 0.3) is 0 Å². The lowest BCUT2D eigenvalue weighted by Gasteiger charge is -2.37. The van der Waals surface area contributed by atoms with Crippen LogP contribution in [0, 0.1) is 11.3 Å². The van der Waals surface area contributed by atoms with Crippen LogP contribution in [0.2, 0.25) is 5.02 Å². The van der Waals surface area contributed by atoms with E-state index in [9.17, 15) is 0 Å². The standard InChI is InChI=1S/C14H20ClN3O/c1-9-5-6-18(8-13(9)19-2)10-3-4-11(14(16)17)12(15)7-10/h3-4,7,9,13H,5-6,8H2,1-2H3,(H3,16,17). The summed E-state index contributed by atoms with van der Waals surface area (Å²) in [6.07, 6.45) is 1.35. The molecular formula is C14H20ClN3O. The average molecular weight is 282 g/mol. The number of nitrogens with one attached hydrogen (secondary N) is 1. The van der Waals surface area contributed by atoms with Crippen LogP contribution in [0.3, 0.4) is 0 Å². The van der Waals surface area contributed by atoms with Gasteiger partial charge in [-0.3, -0.25) is 5.41 Å². The number of rotatable bonds is 3. The van der Waals surface area contributed by atoms with Gasteiger partial charge < -0.3 is 15.4 Å². The normalized spacial score (nSPS) is 23.4. The highest BCUT2D eigenvalue weighted by molar-refractivity contribution is 6.34. The Bertz CT molecular complexity index is 478. The highest BCUT2D eigenvalue weighted by Gasteiger charge is 2.26. The minimum atomic E-state index is -0.00131. The molecule has 2 unspecified atom stereocenters. The number of ether oxygens (including phenoxy) is 1. The molecule has 0 aliphatic carbocycles. The molecule has 1 saturated heterocycles. The van der Waals surface area contributed by atoms with E-state index in [2.05, 4.69) is 11.8 Å². The molecule has 3 N–H and O–H groups in total. The lowest BCUT2D eigenvalue weighted by atomic mass is 9.95. The Morgan fingerprint density at radius 1 is 1.53 bits per heavy atom. The average Bonchev–Trinajstić information content (AvgIpc) is 2.38. The van der Waals surface area contributed by atoms with E-state index in [1.807, 2.05) is 12.1 Å². The molecule has 1 aliphatic rings. The zero-order valence-corrected chi connectivity index (χ0v) is 12.1. The molecule has 0 saturated carbocycles. The van der Waals surface area contributed by atoms with Gasteiger partial charge in [0.05, 0.1) is 11.1 Å². The molecule has 5 heteroatoms. The number of nitrogens with zero attached hydrogens (tertiary/aromatic N) is 1. The largest absolute Gasteiger partial charge is 0.384 e. The van der Waals surface area contributed by atoms with Crippen LogP contribution in [-0.4, -0.2) is 32.1 Å². The first-order valence-electron chi connectivity index (χ1n) is 6.44. The second kappa shape index (κ2) is 5.80. The first-order chi connectivity index (χ1) is 9.02. The van der Waals surface area contributed by atoms with Gasteiger partial charge in [-0.25, -0.2) is 0 Å². The maximum atomic E-state index is 7.44. The number of piperidine rings is 1. The third-order valence-corrected chi connectivity index (χ3v) is 4.11. The van der Waals surface area contributed by atoms with Gasteiger partial charge in [-0.15, -0.1) is 0 Å². The molecule has 0 bridgehead atoms. The molecule has 1 heterocycles. The van der Waals surface area contributed by atoms with Crippen molar-refractivity contribution in [2.24, 2.45) is 11.7 Å². The summed E-state index contributed by atoms with van der Waals surface area (Å²) in [5.41, 5.74) is 7.11. The molecule has 1 fully saturated rings. The van der Waals surface area contributed by atoms with Crippen molar-refractivity contribution >= 4 is 23.1 Å². The second-order valence-electron chi connectivity index (χ2n) is 5.06. The van der Waals surface area contributed by atoms with E-state index in [0.717, 1.165) is 25.2 Å². The van der Waals surface area contributed by atoms with Crippen molar-refractivity contribution in [1.82, 2.24) is 0 Å². The number of halogens is 1. The van der Waals surface area contributed by atoms with Crippen LogP contribution >= 0.6 is 11.6 Å². The van der Waals surface area contributed by atoms with Crippen molar-refractivity contribution in [3.05, 3.63) is 28.8 Å². The van der Waals surface area contributed by atoms with Gasteiger partial charge in [0, 0.05) is 31.5 Å². The molecule has 4 nitrogen and oxygen atoms in total. The van der Waals surface area contributed by atoms with E-state index in [1.165, 1.54) is 0 Å². The Hall–Kier alpha value is -1.26. The fourth-order valence-electron chi connectivity index (χ4n) is 2.49. The Morgan fingerprint density at radius 3 is 2.84 bits per heavy atom. The summed E-state index contributed by atoms with van der Waals surface area (Å²) < 4.78 is 5.52. The van der Waals surface area contributed by atoms with Gasteiger partial charge in [0.25, 0.3) is 0 Å². The highest BCUT2D eigenvalue weighted by atomic mass is 35.5. The van der Waals surface area contributed by atoms with E-state index in [0.29, 0.717) is 16.5 Å². The van der Waals surface area contributed by atoms with E-state index in [1.54, 1.807) is 13.2 Å². The van der Waals surface area contributed by atoms with Crippen molar-refractivity contribution in [2.75, 3.05) is 25.1 Å². The van der Waals surface area contributed by atoms with E-state index in [-0.39, 0.29) is 11.9 Å². The molecule has 104 valence electrons. The molecule has 2 atom stereocenters. The first kappa shape index (κ1) is 14.2. The number of benzene rings is 1. The Morgan fingerprint density at radius 2 is 2.26 bits per heavy atom. The molecule has 0 radical (unpaired) electrons. The predicted molar refractivity (Wildman–Crippen MR) is 79.3 cm³/mol. The zero-order chi connectivity index (χ0) is 14.0. The SMILES string of the molecule is COC1CN(c2ccc(C(=N)N)c(Cl)c2)CCC1C. The topological polar surface area (TPSA) is 62.3 Å². The summed E-state index contributed by atoms with van der Waals surface area (Å²) in [4.78, 5) is 2.27. The molecule has 2 rings (SSSR count). The lowest BCUT2D eigenvalue weighted by molar-refractivity contribution is 0.0498. The van der Waals surface area contributed by atoms with Crippen LogP contribution < -0.4 is 10.6 Å². The van der Waals surface area contributed by atoms with Crippen LogP contribution in [0.4, 0.5) is 5.69 Å². The van der Waals surface area contributed by atoms with Crippen molar-refractivity contribution in [3.8, 4) is 0 Å². The molecule has 0 amide bonds. The number of amidine groups is 1. The van der Waals surface area contributed by atoms with Gasteiger partial charge in [0.2, 0.25) is 0 Å². The van der Waals surface area contributed by atoms with Gasteiger partial charge >= 0.3 is 0 Å². The first-order valence-corrected chi connectivity index (χ1v) is 6.82. The molecule has 19 heavy (non-hydrogen) atoms. The van der Waals surface area contributed by atoms with Crippen molar-refractivity contribution in [3.63, 3.8) is 0 Å². The summed E-state index contributed by atoms with van der Waals surface area (Å²) in [7, 11) is 1.76. The van der Waals surface area contributed by atoms with Gasteiger partial charge in [-0.1, -0.05) is 18.5 Å². The molecule has 0 aromatic heterocycles. The summed E-state index contributed by atoms with van der Waals surface area (Å²) in [5, 5.41) is 7.96. The second-order valence-corrected chi connectivity index (χ2v) is 5.47. The number of hydrogen-bond acceptors (Lipinski definition) is 3. The number of nitrogens with two attached hydrogens (primary N) is 1. The predicted octanol–water partition coefficient (Wildman–Crippen LogP) is 2.49. The summed E-state index contributed by atoms with van der Waals surface area (Å²) >= 11 is 6.16. The number of anilines is 1. The number of nitrogen functional groups attached to an aromatic ring is 1. The minimum absolute atomic E-state index is 0.00131. The maximum absolute atomic E-state index is 7.44. The fraction of sp³-hybridized carbons (Fsp3) is 0.500. The Balaban J connectivity index is 2.18. The molecule has 0 spiro atoms. The smallest absolute Gasteiger partial charge is 0.124 e. The van der Waals surface area contributed by atoms with Gasteiger partial charge in [-0.05, 0) is 30.5 Å². The Kier molecular flexibility index (Phi) is 4.32. The maximum Gasteiger partial charge on any atom is 0.124 e. The van der Waals surface area contributed by atoms with Crippen LogP contribution in [-0.2, 0) is 4.74 Å². The monoisotopic (exact) mass is 281 g/mol. The van der Waals surface area contributed by atoms with E-state index in [4.69, 9.17) is 27.5 Å². The van der Waals surface area contributed by atoms with Crippen LogP contribution in [0.15, 0.2) is 18.2 Å². The third kappa shape index (κ3) is 3.01. The lowest BCUT2D eigenvalue weighted by Crippen LogP contribution is -2.43. The minimum Gasteiger partial charge on any atom is -0.384 e. The van der Waals surface area contributed by atoms with Crippen molar-refractivity contribution in [2.45, 2.75) is 19.4 Å². The molecule has 1 aromatic rings. The highest BCUT2D eigenvalue weighted by Crippen LogP contribution is 2.28. The summed E-state index contributed by atoms with van der Waals surface area (Å²) in [6, 6.07) is 5.64. The van der Waals surface area contributed by atoms with E-state index < -0.39 is 0 Å². The van der Waals surface area contributed by atoms with E-state index >= 15 is 0 Å². The molecular weight excluding hydrogens is 262 g/mol. The number of methoxy groups -OCH3 is 1. The number of hydrogen-bond donors (Lipinski definition) is 2. The zero-order valence-electron chi connectivity index (χ0n) is 11.3. The van der Waals surface area contributed by atoms with Crippen molar-refractivity contribution < 1.29 is 4.74 Å². The van der Waals surface area contributed by atoms with Gasteiger partial charge in [0.15, 0.2) is 0 Å². The molecule has 1 aliphatic heterocycles. The summed E-state index contributed by atoms with van der Waals surface area (Å²) in [6.45, 7) is 4.08. The molecule has 1 aromatic carbocycles. The van der Waals surface area contributed by atoms with Crippen LogP contribution in [0.1, 0.15) is 18.9 Å². The van der Waals surface area contributed by atoms with Gasteiger partial charge in [-0.2, -0.15) is 0 Å². The van der Waals surface area contributed by atoms with Gasteiger partial charge in [0.1, 0.15) is 5.84 Å². The fourth-order valence-corrected chi connectivity index (χ4v) is 2.77. The van der Waals surface area contributed by atoms with Crippen molar-refractivity contribution in [1.29, 1.82) is 5.41 Å². The third-order valence-electron chi connectivity index (χ3n) is 3.80. The Labute approximate surface area is 119 Å². The summed E-state index contributed by atoms with van der Waals surface area (Å²) in [5.74, 6) is 0.576. The van der Waals surface area contributed by atoms with Crippen LogP contribution in [0.5, 0.6) is 0 Å². The quantitative estimate of drug-likeness (QED) is 0.661.